The minimum Gasteiger partial charge on any atom is -0.334 e. The van der Waals surface area contributed by atoms with Crippen LogP contribution >= 0.6 is 0 Å². The summed E-state index contributed by atoms with van der Waals surface area (Å²) in [5.41, 5.74) is 2.62. The van der Waals surface area contributed by atoms with Gasteiger partial charge in [0, 0.05) is 18.8 Å². The Balaban J connectivity index is 2.32. The van der Waals surface area contributed by atoms with Gasteiger partial charge in [-0.05, 0) is 11.8 Å². The third-order valence-corrected chi connectivity index (χ3v) is 2.67. The van der Waals surface area contributed by atoms with Crippen molar-refractivity contribution in [3.8, 4) is 11.4 Å². The van der Waals surface area contributed by atoms with Crippen molar-refractivity contribution in [1.82, 2.24) is 9.55 Å². The van der Waals surface area contributed by atoms with E-state index in [0.717, 1.165) is 12.2 Å². The van der Waals surface area contributed by atoms with Gasteiger partial charge in [0.15, 0.2) is 0 Å². The highest BCUT2D eigenvalue weighted by Gasteiger charge is 2.15. The third kappa shape index (κ3) is 2.96. The maximum atomic E-state index is 4.73. The Morgan fingerprint density at radius 2 is 1.76 bits per heavy atom. The lowest BCUT2D eigenvalue weighted by Gasteiger charge is -2.15. The second kappa shape index (κ2) is 4.36. The van der Waals surface area contributed by atoms with Gasteiger partial charge in [-0.1, -0.05) is 51.1 Å². The zero-order chi connectivity index (χ0) is 12.5. The van der Waals surface area contributed by atoms with Gasteiger partial charge in [0.25, 0.3) is 0 Å². The summed E-state index contributed by atoms with van der Waals surface area (Å²) in [5, 5.41) is 0. The fourth-order valence-corrected chi connectivity index (χ4v) is 2.01. The van der Waals surface area contributed by atoms with Crippen molar-refractivity contribution in [3.63, 3.8) is 0 Å². The molecule has 0 saturated heterocycles. The molecule has 90 valence electrons. The highest BCUT2D eigenvalue weighted by atomic mass is 15.0. The number of hydrogen-bond acceptors (Lipinski definition) is 1. The minimum atomic E-state index is 0.280. The molecular formula is C15H20N2. The predicted octanol–water partition coefficient (Wildman–Crippen LogP) is 3.68. The van der Waals surface area contributed by atoms with Gasteiger partial charge in [0.05, 0.1) is 5.69 Å². The van der Waals surface area contributed by atoms with Crippen LogP contribution in [0.25, 0.3) is 11.4 Å². The van der Waals surface area contributed by atoms with Gasteiger partial charge < -0.3 is 4.57 Å². The first-order valence-electron chi connectivity index (χ1n) is 6.03. The molecule has 0 unspecified atom stereocenters. The largest absolute Gasteiger partial charge is 0.334 e. The Morgan fingerprint density at radius 3 is 2.35 bits per heavy atom. The molecule has 2 nitrogen and oxygen atoms in total. The summed E-state index contributed by atoms with van der Waals surface area (Å²) in [6, 6.07) is 10.3. The molecule has 0 N–H and O–H groups in total. The minimum absolute atomic E-state index is 0.280. The lowest BCUT2D eigenvalue weighted by atomic mass is 9.91. The number of aryl methyl sites for hydroxylation is 1. The molecule has 0 bridgehead atoms. The smallest absolute Gasteiger partial charge is 0.139 e. The molecule has 1 heterocycles. The third-order valence-electron chi connectivity index (χ3n) is 2.67. The Labute approximate surface area is 103 Å². The maximum Gasteiger partial charge on any atom is 0.139 e. The monoisotopic (exact) mass is 228 g/mol. The summed E-state index contributed by atoms with van der Waals surface area (Å²) in [4.78, 5) is 4.73. The van der Waals surface area contributed by atoms with E-state index in [2.05, 4.69) is 50.7 Å². The zero-order valence-corrected chi connectivity index (χ0v) is 11.1. The molecule has 2 aromatic rings. The number of benzene rings is 1. The average Bonchev–Trinajstić information content (AvgIpc) is 2.58. The topological polar surface area (TPSA) is 17.8 Å². The van der Waals surface area contributed by atoms with Crippen LogP contribution in [0.2, 0.25) is 0 Å². The fourth-order valence-electron chi connectivity index (χ4n) is 2.01. The van der Waals surface area contributed by atoms with Crippen molar-refractivity contribution in [2.24, 2.45) is 12.5 Å². The second-order valence-corrected chi connectivity index (χ2v) is 5.77. The van der Waals surface area contributed by atoms with Crippen LogP contribution in [0.3, 0.4) is 0 Å². The molecule has 0 aliphatic rings. The molecule has 0 spiro atoms. The van der Waals surface area contributed by atoms with Crippen LogP contribution < -0.4 is 0 Å². The Bertz CT molecular complexity index is 489. The van der Waals surface area contributed by atoms with Crippen LogP contribution in [0.5, 0.6) is 0 Å². The lowest BCUT2D eigenvalue weighted by molar-refractivity contribution is 0.407. The van der Waals surface area contributed by atoms with Gasteiger partial charge in [0.1, 0.15) is 5.82 Å². The molecule has 0 radical (unpaired) electrons. The Kier molecular flexibility index (Phi) is 3.05. The van der Waals surface area contributed by atoms with E-state index >= 15 is 0 Å². The molecular weight excluding hydrogens is 208 g/mol. The number of nitrogens with zero attached hydrogens (tertiary/aromatic N) is 2. The van der Waals surface area contributed by atoms with E-state index in [4.69, 9.17) is 4.98 Å². The van der Waals surface area contributed by atoms with Crippen molar-refractivity contribution in [2.75, 3.05) is 0 Å². The standard InChI is InChI=1S/C15H20N2/c1-15(2,3)10-13-11-17(4)14(16-13)12-8-6-5-7-9-12/h5-9,11H,10H2,1-4H3. The van der Waals surface area contributed by atoms with Crippen LogP contribution in [0.15, 0.2) is 36.5 Å². The number of rotatable bonds is 2. The van der Waals surface area contributed by atoms with Crippen molar-refractivity contribution in [2.45, 2.75) is 27.2 Å². The number of aromatic nitrogens is 2. The van der Waals surface area contributed by atoms with Crippen LogP contribution in [0, 0.1) is 5.41 Å². The normalized spacial score (nSPS) is 11.8. The molecule has 1 aromatic heterocycles. The van der Waals surface area contributed by atoms with E-state index in [-0.39, 0.29) is 5.41 Å². The molecule has 0 saturated carbocycles. The Morgan fingerprint density at radius 1 is 1.12 bits per heavy atom. The highest BCUT2D eigenvalue weighted by Crippen LogP contribution is 2.23. The first kappa shape index (κ1) is 11.9. The van der Waals surface area contributed by atoms with Crippen molar-refractivity contribution in [1.29, 1.82) is 0 Å². The summed E-state index contributed by atoms with van der Waals surface area (Å²) in [5.74, 6) is 1.05. The van der Waals surface area contributed by atoms with E-state index in [9.17, 15) is 0 Å². The van der Waals surface area contributed by atoms with Gasteiger partial charge in [-0.25, -0.2) is 4.98 Å². The predicted molar refractivity (Wildman–Crippen MR) is 71.8 cm³/mol. The summed E-state index contributed by atoms with van der Waals surface area (Å²) in [6.45, 7) is 6.72. The van der Waals surface area contributed by atoms with Gasteiger partial charge >= 0.3 is 0 Å². The first-order chi connectivity index (χ1) is 7.96. The molecule has 2 heteroatoms. The SMILES string of the molecule is Cn1cc(CC(C)(C)C)nc1-c1ccccc1. The molecule has 0 aliphatic carbocycles. The summed E-state index contributed by atoms with van der Waals surface area (Å²) in [7, 11) is 2.06. The number of hydrogen-bond donors (Lipinski definition) is 0. The van der Waals surface area contributed by atoms with E-state index in [0.29, 0.717) is 0 Å². The van der Waals surface area contributed by atoms with E-state index in [1.54, 1.807) is 0 Å². The van der Waals surface area contributed by atoms with Gasteiger partial charge in [0.2, 0.25) is 0 Å². The van der Waals surface area contributed by atoms with Crippen LogP contribution in [0.4, 0.5) is 0 Å². The quantitative estimate of drug-likeness (QED) is 0.766. The molecule has 0 atom stereocenters. The second-order valence-electron chi connectivity index (χ2n) is 5.77. The highest BCUT2D eigenvalue weighted by molar-refractivity contribution is 5.55. The first-order valence-corrected chi connectivity index (χ1v) is 6.03. The fraction of sp³-hybridized carbons (Fsp3) is 0.400. The summed E-state index contributed by atoms with van der Waals surface area (Å²) >= 11 is 0. The summed E-state index contributed by atoms with van der Waals surface area (Å²) < 4.78 is 2.11. The molecule has 0 fully saturated rings. The Hall–Kier alpha value is -1.57. The van der Waals surface area contributed by atoms with Crippen LogP contribution in [-0.4, -0.2) is 9.55 Å². The van der Waals surface area contributed by atoms with Gasteiger partial charge in [-0.15, -0.1) is 0 Å². The van der Waals surface area contributed by atoms with Crippen molar-refractivity contribution < 1.29 is 0 Å². The van der Waals surface area contributed by atoms with Crippen LogP contribution in [-0.2, 0) is 13.5 Å². The lowest BCUT2D eigenvalue weighted by Crippen LogP contribution is -2.09. The van der Waals surface area contributed by atoms with Gasteiger partial charge in [-0.2, -0.15) is 0 Å². The van der Waals surface area contributed by atoms with Gasteiger partial charge in [-0.3, -0.25) is 0 Å². The molecule has 0 amide bonds. The summed E-state index contributed by atoms with van der Waals surface area (Å²) in [6.07, 6.45) is 3.14. The van der Waals surface area contributed by atoms with Crippen molar-refractivity contribution >= 4 is 0 Å². The maximum absolute atomic E-state index is 4.73. The van der Waals surface area contributed by atoms with Crippen LogP contribution in [0.1, 0.15) is 26.5 Å². The average molecular weight is 228 g/mol. The van der Waals surface area contributed by atoms with E-state index < -0.39 is 0 Å². The molecule has 17 heavy (non-hydrogen) atoms. The number of imidazole rings is 1. The zero-order valence-electron chi connectivity index (χ0n) is 11.1. The van der Waals surface area contributed by atoms with Crippen molar-refractivity contribution in [3.05, 3.63) is 42.2 Å². The molecule has 2 rings (SSSR count). The molecule has 1 aromatic carbocycles. The van der Waals surface area contributed by atoms with E-state index in [1.807, 2.05) is 18.2 Å². The molecule has 0 aliphatic heterocycles. The van der Waals surface area contributed by atoms with E-state index in [1.165, 1.54) is 11.3 Å².